The van der Waals surface area contributed by atoms with E-state index in [1.807, 2.05) is 12.2 Å². The molecular formula is C18H13NO2. The maximum absolute atomic E-state index is 12.7. The zero-order valence-corrected chi connectivity index (χ0v) is 11.4. The molecule has 0 N–H and O–H groups in total. The van der Waals surface area contributed by atoms with Crippen molar-refractivity contribution in [2.45, 2.75) is 0 Å². The first-order chi connectivity index (χ1) is 10.2. The fourth-order valence-corrected chi connectivity index (χ4v) is 2.44. The average Bonchev–Trinajstić information content (AvgIpc) is 2.51. The van der Waals surface area contributed by atoms with Gasteiger partial charge in [0.1, 0.15) is 0 Å². The summed E-state index contributed by atoms with van der Waals surface area (Å²) >= 11 is 0. The van der Waals surface area contributed by atoms with E-state index in [1.165, 1.54) is 6.21 Å². The lowest BCUT2D eigenvalue weighted by Gasteiger charge is -2.19. The van der Waals surface area contributed by atoms with Gasteiger partial charge in [0.15, 0.2) is 11.6 Å². The number of aliphatic imine (C=N–C) groups is 1. The van der Waals surface area contributed by atoms with Crippen molar-refractivity contribution in [1.82, 2.24) is 0 Å². The minimum Gasteiger partial charge on any atom is -0.289 e. The molecule has 3 heteroatoms. The van der Waals surface area contributed by atoms with Crippen LogP contribution >= 0.6 is 0 Å². The molecule has 0 fully saturated rings. The summed E-state index contributed by atoms with van der Waals surface area (Å²) in [5.74, 6) is -0.353. The van der Waals surface area contributed by atoms with Gasteiger partial charge in [0.05, 0.1) is 12.1 Å². The Kier molecular flexibility index (Phi) is 3.32. The van der Waals surface area contributed by atoms with Gasteiger partial charge in [-0.25, -0.2) is 0 Å². The second-order valence-corrected chi connectivity index (χ2v) is 4.80. The van der Waals surface area contributed by atoms with Gasteiger partial charge in [0.2, 0.25) is 0 Å². The number of ketones is 2. The van der Waals surface area contributed by atoms with Crippen molar-refractivity contribution in [3.8, 4) is 0 Å². The summed E-state index contributed by atoms with van der Waals surface area (Å²) in [6, 6.07) is 6.85. The molecule has 21 heavy (non-hydrogen) atoms. The molecule has 102 valence electrons. The van der Waals surface area contributed by atoms with Gasteiger partial charge < -0.3 is 0 Å². The Bertz CT molecular complexity index is 776. The van der Waals surface area contributed by atoms with E-state index in [0.29, 0.717) is 34.4 Å². The second-order valence-electron chi connectivity index (χ2n) is 4.80. The quantitative estimate of drug-likeness (QED) is 0.730. The van der Waals surface area contributed by atoms with Crippen LogP contribution < -0.4 is 0 Å². The third kappa shape index (κ3) is 2.23. The fraction of sp³-hybridized carbons (Fsp3) is 0.0556. The molecule has 1 aromatic carbocycles. The number of Topliss-reactive ketones (excluding diaryl/α,β-unsaturated/α-hetero) is 2. The Morgan fingerprint density at radius 3 is 2.48 bits per heavy atom. The molecule has 0 spiro atoms. The first-order valence-electron chi connectivity index (χ1n) is 6.65. The highest BCUT2D eigenvalue weighted by atomic mass is 16.1. The van der Waals surface area contributed by atoms with Gasteiger partial charge in [-0.15, -0.1) is 0 Å². The predicted octanol–water partition coefficient (Wildman–Crippen LogP) is 3.12. The smallest absolute Gasteiger partial charge is 0.196 e. The zero-order valence-electron chi connectivity index (χ0n) is 11.4. The molecule has 1 aromatic rings. The van der Waals surface area contributed by atoms with Crippen molar-refractivity contribution < 1.29 is 9.59 Å². The maximum atomic E-state index is 12.7. The largest absolute Gasteiger partial charge is 0.289 e. The van der Waals surface area contributed by atoms with E-state index in [9.17, 15) is 9.59 Å². The minimum atomic E-state index is -0.178. The van der Waals surface area contributed by atoms with Gasteiger partial charge in [-0.3, -0.25) is 14.6 Å². The SMILES string of the molecule is C=C1/C=C\C=C/C/N=C\C2=C1C(=O)c1ccccc1C2=O. The topological polar surface area (TPSA) is 46.5 Å². The lowest BCUT2D eigenvalue weighted by molar-refractivity contribution is 0.0982. The predicted molar refractivity (Wildman–Crippen MR) is 82.9 cm³/mol. The Labute approximate surface area is 122 Å². The number of benzene rings is 1. The van der Waals surface area contributed by atoms with E-state index in [0.717, 1.165) is 0 Å². The second kappa shape index (κ2) is 5.29. The molecule has 0 aromatic heterocycles. The summed E-state index contributed by atoms with van der Waals surface area (Å²) in [6.45, 7) is 4.39. The molecule has 0 saturated carbocycles. The number of fused-ring (bicyclic) bond motifs is 1. The number of hydrogen-bond donors (Lipinski definition) is 0. The lowest BCUT2D eigenvalue weighted by atomic mass is 9.81. The van der Waals surface area contributed by atoms with E-state index in [4.69, 9.17) is 0 Å². The Hall–Kier alpha value is -2.81. The summed E-state index contributed by atoms with van der Waals surface area (Å²) in [5.41, 5.74) is 2.04. The van der Waals surface area contributed by atoms with Crippen LogP contribution in [-0.4, -0.2) is 24.3 Å². The lowest BCUT2D eigenvalue weighted by Crippen LogP contribution is -2.23. The van der Waals surface area contributed by atoms with Crippen molar-refractivity contribution in [3.63, 3.8) is 0 Å². The van der Waals surface area contributed by atoms with Crippen molar-refractivity contribution in [1.29, 1.82) is 0 Å². The molecule has 3 rings (SSSR count). The van der Waals surface area contributed by atoms with Crippen LogP contribution in [0.2, 0.25) is 0 Å². The van der Waals surface area contributed by atoms with Crippen molar-refractivity contribution in [2.24, 2.45) is 4.99 Å². The van der Waals surface area contributed by atoms with Crippen LogP contribution in [0.15, 0.2) is 76.9 Å². The van der Waals surface area contributed by atoms with Crippen LogP contribution in [0.5, 0.6) is 0 Å². The fourth-order valence-electron chi connectivity index (χ4n) is 2.44. The highest BCUT2D eigenvalue weighted by Crippen LogP contribution is 2.29. The van der Waals surface area contributed by atoms with Gasteiger partial charge >= 0.3 is 0 Å². The van der Waals surface area contributed by atoms with E-state index >= 15 is 0 Å². The van der Waals surface area contributed by atoms with Gasteiger partial charge in [0.25, 0.3) is 0 Å². The van der Waals surface area contributed by atoms with Crippen LogP contribution in [0.3, 0.4) is 0 Å². The highest BCUT2D eigenvalue weighted by molar-refractivity contribution is 6.35. The third-order valence-corrected chi connectivity index (χ3v) is 3.45. The van der Waals surface area contributed by atoms with Crippen LogP contribution in [0.1, 0.15) is 20.7 Å². The van der Waals surface area contributed by atoms with Crippen LogP contribution in [0.4, 0.5) is 0 Å². The minimum absolute atomic E-state index is 0.175. The van der Waals surface area contributed by atoms with E-state index < -0.39 is 0 Å². The summed E-state index contributed by atoms with van der Waals surface area (Å²) in [4.78, 5) is 29.5. The molecule has 1 heterocycles. The number of hydrogen-bond acceptors (Lipinski definition) is 3. The summed E-state index contributed by atoms with van der Waals surface area (Å²) in [5, 5.41) is 0. The van der Waals surface area contributed by atoms with Gasteiger partial charge in [0, 0.05) is 22.9 Å². The number of carbonyl (C=O) groups is 2. The first kappa shape index (κ1) is 13.2. The van der Waals surface area contributed by atoms with E-state index in [1.54, 1.807) is 36.4 Å². The molecule has 0 unspecified atom stereocenters. The van der Waals surface area contributed by atoms with Crippen LogP contribution in [-0.2, 0) is 0 Å². The molecule has 0 bridgehead atoms. The standard InChI is InChI=1S/C18H13NO2/c1-12-7-3-2-6-10-19-11-15-16(12)18(21)14-9-5-4-8-13(14)17(15)20/h2-9,11H,1,10H2/b6-2-,7-3-,19-11-. The molecule has 3 nitrogen and oxygen atoms in total. The van der Waals surface area contributed by atoms with E-state index in [2.05, 4.69) is 11.6 Å². The van der Waals surface area contributed by atoms with E-state index in [-0.39, 0.29) is 11.6 Å². The number of nitrogens with zero attached hydrogens (tertiary/aromatic N) is 1. The Morgan fingerprint density at radius 2 is 1.71 bits per heavy atom. The molecule has 0 atom stereocenters. The molecule has 1 aliphatic heterocycles. The third-order valence-electron chi connectivity index (χ3n) is 3.45. The number of allylic oxidation sites excluding steroid dienone is 6. The summed E-state index contributed by atoms with van der Waals surface area (Å²) in [7, 11) is 0. The highest BCUT2D eigenvalue weighted by Gasteiger charge is 2.31. The Balaban J connectivity index is 2.23. The van der Waals surface area contributed by atoms with Gasteiger partial charge in [-0.1, -0.05) is 55.1 Å². The van der Waals surface area contributed by atoms with Gasteiger partial charge in [-0.2, -0.15) is 0 Å². The number of carbonyl (C=O) groups excluding carboxylic acids is 2. The number of rotatable bonds is 0. The van der Waals surface area contributed by atoms with Crippen molar-refractivity contribution in [2.75, 3.05) is 6.54 Å². The van der Waals surface area contributed by atoms with Crippen LogP contribution in [0.25, 0.3) is 0 Å². The van der Waals surface area contributed by atoms with Crippen LogP contribution in [0, 0.1) is 0 Å². The Morgan fingerprint density at radius 1 is 1.00 bits per heavy atom. The molecular weight excluding hydrogens is 262 g/mol. The summed E-state index contributed by atoms with van der Waals surface area (Å²) < 4.78 is 0. The normalized spacial score (nSPS) is 22.4. The van der Waals surface area contributed by atoms with Crippen molar-refractivity contribution >= 4 is 17.8 Å². The zero-order chi connectivity index (χ0) is 14.8. The molecule has 0 saturated heterocycles. The summed E-state index contributed by atoms with van der Waals surface area (Å²) in [6.07, 6.45) is 8.74. The average molecular weight is 275 g/mol. The molecule has 0 amide bonds. The van der Waals surface area contributed by atoms with Crippen molar-refractivity contribution in [3.05, 3.63) is 83.0 Å². The molecule has 0 radical (unpaired) electrons. The monoisotopic (exact) mass is 275 g/mol. The maximum Gasteiger partial charge on any atom is 0.196 e. The molecule has 1 aliphatic carbocycles. The first-order valence-corrected chi connectivity index (χ1v) is 6.65. The molecule has 2 aliphatic rings. The van der Waals surface area contributed by atoms with Gasteiger partial charge in [-0.05, 0) is 5.57 Å².